The number of nitrogens with zero attached hydrogens (tertiary/aromatic N) is 2. The lowest BCUT2D eigenvalue weighted by atomic mass is 10.2. The molecule has 0 radical (unpaired) electrons. The van der Waals surface area contributed by atoms with Gasteiger partial charge in [-0.3, -0.25) is 9.48 Å². The number of benzene rings is 2. The predicted octanol–water partition coefficient (Wildman–Crippen LogP) is 4.74. The first-order valence-corrected chi connectivity index (χ1v) is 8.21. The van der Waals surface area contributed by atoms with Crippen molar-refractivity contribution in [3.05, 3.63) is 81.3 Å². The topological polar surface area (TPSA) is 46.9 Å². The zero-order valence-electron chi connectivity index (χ0n) is 12.3. The summed E-state index contributed by atoms with van der Waals surface area (Å²) in [6.07, 6.45) is 3.25. The van der Waals surface area contributed by atoms with Crippen molar-refractivity contribution in [3.8, 4) is 0 Å². The van der Waals surface area contributed by atoms with Crippen molar-refractivity contribution in [2.75, 3.05) is 5.32 Å². The van der Waals surface area contributed by atoms with E-state index in [1.165, 1.54) is 12.1 Å². The Balaban J connectivity index is 1.70. The third-order valence-electron chi connectivity index (χ3n) is 3.32. The van der Waals surface area contributed by atoms with E-state index in [-0.39, 0.29) is 11.7 Å². The Hall–Kier alpha value is -2.18. The molecule has 24 heavy (non-hydrogen) atoms. The average Bonchev–Trinajstić information content (AvgIpc) is 2.99. The highest BCUT2D eigenvalue weighted by Gasteiger charge is 2.12. The molecule has 0 saturated heterocycles. The second-order valence-corrected chi connectivity index (χ2v) is 6.45. The number of amides is 1. The molecule has 0 bridgehead atoms. The fourth-order valence-corrected chi connectivity index (χ4v) is 2.73. The first-order chi connectivity index (χ1) is 11.5. The van der Waals surface area contributed by atoms with E-state index in [0.717, 1.165) is 10.0 Å². The van der Waals surface area contributed by atoms with E-state index in [0.29, 0.717) is 22.8 Å². The number of carbonyl (C=O) groups excluding carboxylic acids is 1. The fourth-order valence-electron chi connectivity index (χ4n) is 2.16. The lowest BCUT2D eigenvalue weighted by molar-refractivity contribution is 0.102. The number of nitrogens with one attached hydrogen (secondary N) is 1. The third-order valence-corrected chi connectivity index (χ3v) is 4.14. The Bertz CT molecular complexity index is 880. The van der Waals surface area contributed by atoms with E-state index in [1.807, 2.05) is 0 Å². The Morgan fingerprint density at radius 2 is 2.00 bits per heavy atom. The van der Waals surface area contributed by atoms with Crippen molar-refractivity contribution in [1.82, 2.24) is 9.78 Å². The second kappa shape index (κ2) is 7.15. The first kappa shape index (κ1) is 16.7. The van der Waals surface area contributed by atoms with Crippen LogP contribution in [0.15, 0.2) is 59.3 Å². The molecule has 1 amide bonds. The van der Waals surface area contributed by atoms with Gasteiger partial charge in [-0.05, 0) is 35.9 Å². The molecule has 0 saturated carbocycles. The monoisotopic (exact) mass is 407 g/mol. The van der Waals surface area contributed by atoms with E-state index >= 15 is 0 Å². The van der Waals surface area contributed by atoms with Gasteiger partial charge in [0, 0.05) is 10.7 Å². The quantitative estimate of drug-likeness (QED) is 0.678. The van der Waals surface area contributed by atoms with E-state index in [1.54, 1.807) is 47.4 Å². The van der Waals surface area contributed by atoms with Crippen LogP contribution in [0.2, 0.25) is 5.02 Å². The summed E-state index contributed by atoms with van der Waals surface area (Å²) in [5.41, 5.74) is 1.84. The number of carbonyl (C=O) groups is 1. The predicted molar refractivity (Wildman–Crippen MR) is 94.8 cm³/mol. The summed E-state index contributed by atoms with van der Waals surface area (Å²) in [6, 6.07) is 11.2. The Morgan fingerprint density at radius 3 is 2.75 bits per heavy atom. The molecule has 1 heterocycles. The number of hydrogen-bond acceptors (Lipinski definition) is 2. The van der Waals surface area contributed by atoms with Crippen molar-refractivity contribution in [2.45, 2.75) is 6.54 Å². The second-order valence-electron chi connectivity index (χ2n) is 5.13. The van der Waals surface area contributed by atoms with E-state index in [2.05, 4.69) is 26.3 Å². The number of anilines is 1. The highest BCUT2D eigenvalue weighted by atomic mass is 79.9. The fraction of sp³-hybridized carbons (Fsp3) is 0.0588. The van der Waals surface area contributed by atoms with Crippen LogP contribution in [0, 0.1) is 5.82 Å². The van der Waals surface area contributed by atoms with Crippen molar-refractivity contribution < 1.29 is 9.18 Å². The summed E-state index contributed by atoms with van der Waals surface area (Å²) in [6.45, 7) is 0.480. The van der Waals surface area contributed by atoms with Gasteiger partial charge in [0.2, 0.25) is 0 Å². The van der Waals surface area contributed by atoms with Gasteiger partial charge in [0.15, 0.2) is 0 Å². The van der Waals surface area contributed by atoms with Crippen molar-refractivity contribution in [2.24, 2.45) is 0 Å². The molecule has 2 aromatic carbocycles. The molecule has 1 N–H and O–H groups in total. The molecule has 0 spiro atoms. The van der Waals surface area contributed by atoms with E-state index < -0.39 is 0 Å². The van der Waals surface area contributed by atoms with Gasteiger partial charge in [-0.25, -0.2) is 4.39 Å². The van der Waals surface area contributed by atoms with Gasteiger partial charge in [-0.1, -0.05) is 39.7 Å². The minimum atomic E-state index is -0.317. The number of aromatic nitrogens is 2. The molecule has 0 atom stereocenters. The zero-order valence-corrected chi connectivity index (χ0v) is 14.7. The van der Waals surface area contributed by atoms with Crippen molar-refractivity contribution in [3.63, 3.8) is 0 Å². The lowest BCUT2D eigenvalue weighted by Crippen LogP contribution is -2.12. The standard InChI is InChI=1S/C17H12BrClFN3O/c18-12-3-6-16(19)15(7-12)17(24)22-14-8-21-23(10-14)9-11-1-4-13(20)5-2-11/h1-8,10H,9H2,(H,22,24). The molecule has 3 rings (SSSR count). The first-order valence-electron chi connectivity index (χ1n) is 7.04. The maximum Gasteiger partial charge on any atom is 0.257 e. The van der Waals surface area contributed by atoms with Gasteiger partial charge in [0.1, 0.15) is 5.82 Å². The number of hydrogen-bond donors (Lipinski definition) is 1. The Labute approximate surface area is 151 Å². The highest BCUT2D eigenvalue weighted by Crippen LogP contribution is 2.22. The minimum absolute atomic E-state index is 0.280. The van der Waals surface area contributed by atoms with Crippen molar-refractivity contribution in [1.29, 1.82) is 0 Å². The summed E-state index contributed by atoms with van der Waals surface area (Å²) < 4.78 is 15.3. The van der Waals surface area contributed by atoms with Gasteiger partial charge < -0.3 is 5.32 Å². The molecule has 0 fully saturated rings. The van der Waals surface area contributed by atoms with Gasteiger partial charge >= 0.3 is 0 Å². The minimum Gasteiger partial charge on any atom is -0.319 e. The molecule has 0 aliphatic carbocycles. The molecule has 0 aliphatic heterocycles. The maximum absolute atomic E-state index is 12.9. The molecule has 0 aliphatic rings. The molecule has 4 nitrogen and oxygen atoms in total. The van der Waals surface area contributed by atoms with Crippen LogP contribution in [0.5, 0.6) is 0 Å². The van der Waals surface area contributed by atoms with Crippen molar-refractivity contribution >= 4 is 39.1 Å². The third kappa shape index (κ3) is 4.01. The van der Waals surface area contributed by atoms with Crippen LogP contribution < -0.4 is 5.32 Å². The lowest BCUT2D eigenvalue weighted by Gasteiger charge is -2.05. The largest absolute Gasteiger partial charge is 0.319 e. The SMILES string of the molecule is O=C(Nc1cnn(Cc2ccc(F)cc2)c1)c1cc(Br)ccc1Cl. The van der Waals surface area contributed by atoms with Gasteiger partial charge in [-0.2, -0.15) is 5.10 Å². The summed E-state index contributed by atoms with van der Waals surface area (Å²) in [7, 11) is 0. The molecular weight excluding hydrogens is 397 g/mol. The normalized spacial score (nSPS) is 10.6. The summed E-state index contributed by atoms with van der Waals surface area (Å²) in [5, 5.41) is 7.31. The summed E-state index contributed by atoms with van der Waals surface area (Å²) >= 11 is 9.36. The molecule has 0 unspecified atom stereocenters. The summed E-state index contributed by atoms with van der Waals surface area (Å²) in [4.78, 5) is 12.3. The van der Waals surface area contributed by atoms with Crippen LogP contribution in [-0.2, 0) is 6.54 Å². The number of rotatable bonds is 4. The molecule has 1 aromatic heterocycles. The Kier molecular flexibility index (Phi) is 4.97. The molecule has 7 heteroatoms. The smallest absolute Gasteiger partial charge is 0.257 e. The maximum atomic E-state index is 12.9. The van der Waals surface area contributed by atoms with Crippen LogP contribution in [0.1, 0.15) is 15.9 Å². The molecule has 3 aromatic rings. The van der Waals surface area contributed by atoms with Crippen LogP contribution >= 0.6 is 27.5 Å². The Morgan fingerprint density at radius 1 is 1.25 bits per heavy atom. The van der Waals surface area contributed by atoms with E-state index in [4.69, 9.17) is 11.6 Å². The summed E-state index contributed by atoms with van der Waals surface area (Å²) in [5.74, 6) is -0.597. The molecular formula is C17H12BrClFN3O. The van der Waals surface area contributed by atoms with Gasteiger partial charge in [-0.15, -0.1) is 0 Å². The number of halogens is 3. The van der Waals surface area contributed by atoms with Gasteiger partial charge in [0.05, 0.1) is 29.0 Å². The van der Waals surface area contributed by atoms with Crippen LogP contribution in [0.3, 0.4) is 0 Å². The average molecular weight is 409 g/mol. The van der Waals surface area contributed by atoms with Gasteiger partial charge in [0.25, 0.3) is 5.91 Å². The molecule has 122 valence electrons. The van der Waals surface area contributed by atoms with E-state index in [9.17, 15) is 9.18 Å². The van der Waals surface area contributed by atoms with Crippen LogP contribution in [0.25, 0.3) is 0 Å². The zero-order chi connectivity index (χ0) is 17.1. The van der Waals surface area contributed by atoms with Crippen LogP contribution in [0.4, 0.5) is 10.1 Å². The highest BCUT2D eigenvalue weighted by molar-refractivity contribution is 9.10. The van der Waals surface area contributed by atoms with Crippen LogP contribution in [-0.4, -0.2) is 15.7 Å².